The van der Waals surface area contributed by atoms with Gasteiger partial charge in [-0.1, -0.05) is 18.2 Å². The maximum absolute atomic E-state index is 11.9. The van der Waals surface area contributed by atoms with Gasteiger partial charge >= 0.3 is 0 Å². The van der Waals surface area contributed by atoms with E-state index in [1.807, 2.05) is 32.0 Å². The number of rotatable bonds is 7. The lowest BCUT2D eigenvalue weighted by molar-refractivity contribution is -0.119. The molecule has 0 aliphatic carbocycles. The fourth-order valence-corrected chi connectivity index (χ4v) is 2.30. The average Bonchev–Trinajstić information content (AvgIpc) is 2.55. The van der Waals surface area contributed by atoms with Gasteiger partial charge in [0.25, 0.3) is 0 Å². The van der Waals surface area contributed by atoms with Crippen LogP contribution in [-0.4, -0.2) is 29.9 Å². The summed E-state index contributed by atoms with van der Waals surface area (Å²) in [7, 11) is 0. The number of carbonyl (C=O) groups excluding carboxylic acids is 2. The molecule has 2 aromatic rings. The Morgan fingerprint density at radius 3 is 2.33 bits per heavy atom. The van der Waals surface area contributed by atoms with Gasteiger partial charge in [0.15, 0.2) is 0 Å². The fourth-order valence-electron chi connectivity index (χ4n) is 2.30. The van der Waals surface area contributed by atoms with Crippen LogP contribution in [0.2, 0.25) is 0 Å². The number of aromatic nitrogens is 1. The van der Waals surface area contributed by atoms with Crippen molar-refractivity contribution in [1.29, 1.82) is 0 Å². The molecule has 0 saturated heterocycles. The quantitative estimate of drug-likeness (QED) is 0.729. The second kappa shape index (κ2) is 8.67. The SMILES string of the molecule is Cc1cccc(C)c1NCC(=O)NCCC(=O)Nc1ccncc1. The minimum absolute atomic E-state index is 0.144. The highest BCUT2D eigenvalue weighted by molar-refractivity contribution is 5.91. The van der Waals surface area contributed by atoms with Crippen LogP contribution in [0.5, 0.6) is 0 Å². The van der Waals surface area contributed by atoms with E-state index < -0.39 is 0 Å². The van der Waals surface area contributed by atoms with E-state index in [4.69, 9.17) is 0 Å². The van der Waals surface area contributed by atoms with Gasteiger partial charge in [0, 0.05) is 36.7 Å². The van der Waals surface area contributed by atoms with Crippen molar-refractivity contribution in [2.45, 2.75) is 20.3 Å². The number of nitrogens with one attached hydrogen (secondary N) is 3. The second-order valence-corrected chi connectivity index (χ2v) is 5.50. The van der Waals surface area contributed by atoms with E-state index in [0.717, 1.165) is 16.8 Å². The minimum Gasteiger partial charge on any atom is -0.376 e. The van der Waals surface area contributed by atoms with Gasteiger partial charge in [-0.2, -0.15) is 0 Å². The summed E-state index contributed by atoms with van der Waals surface area (Å²) in [6.07, 6.45) is 3.44. The molecule has 24 heavy (non-hydrogen) atoms. The Hall–Kier alpha value is -2.89. The van der Waals surface area contributed by atoms with Crippen LogP contribution >= 0.6 is 0 Å². The van der Waals surface area contributed by atoms with E-state index in [1.165, 1.54) is 0 Å². The summed E-state index contributed by atoms with van der Waals surface area (Å²) in [6, 6.07) is 9.40. The van der Waals surface area contributed by atoms with Crippen LogP contribution in [0.4, 0.5) is 11.4 Å². The Balaban J connectivity index is 1.69. The lowest BCUT2D eigenvalue weighted by Gasteiger charge is -2.12. The standard InChI is InChI=1S/C18H22N4O2/c1-13-4-3-5-14(2)18(13)21-12-17(24)20-11-8-16(23)22-15-6-9-19-10-7-15/h3-7,9-10,21H,8,11-12H2,1-2H3,(H,20,24)(H,19,22,23). The third-order valence-electron chi connectivity index (χ3n) is 3.55. The Morgan fingerprint density at radius 1 is 1.00 bits per heavy atom. The van der Waals surface area contributed by atoms with E-state index in [0.29, 0.717) is 12.2 Å². The molecule has 0 fully saturated rings. The van der Waals surface area contributed by atoms with Crippen LogP contribution < -0.4 is 16.0 Å². The first kappa shape index (κ1) is 17.5. The van der Waals surface area contributed by atoms with Crippen molar-refractivity contribution in [3.05, 3.63) is 53.9 Å². The number of pyridine rings is 1. The highest BCUT2D eigenvalue weighted by Gasteiger charge is 2.06. The summed E-state index contributed by atoms with van der Waals surface area (Å²) >= 11 is 0. The molecule has 0 bridgehead atoms. The second-order valence-electron chi connectivity index (χ2n) is 5.50. The highest BCUT2D eigenvalue weighted by atomic mass is 16.2. The first-order chi connectivity index (χ1) is 11.6. The number of hydrogen-bond donors (Lipinski definition) is 3. The van der Waals surface area contributed by atoms with E-state index in [2.05, 4.69) is 20.9 Å². The van der Waals surface area contributed by atoms with Gasteiger partial charge in [0.1, 0.15) is 0 Å². The number of aryl methyl sites for hydroxylation is 2. The largest absolute Gasteiger partial charge is 0.376 e. The molecule has 6 nitrogen and oxygen atoms in total. The molecule has 2 rings (SSSR count). The Kier molecular flexibility index (Phi) is 6.31. The van der Waals surface area contributed by atoms with Gasteiger partial charge < -0.3 is 16.0 Å². The summed E-state index contributed by atoms with van der Waals surface area (Å²) in [5.74, 6) is -0.293. The van der Waals surface area contributed by atoms with Crippen molar-refractivity contribution in [3.8, 4) is 0 Å². The maximum Gasteiger partial charge on any atom is 0.239 e. The summed E-state index contributed by atoms with van der Waals surface area (Å²) in [5.41, 5.74) is 3.86. The average molecular weight is 326 g/mol. The number of anilines is 2. The molecule has 2 amide bonds. The third kappa shape index (κ3) is 5.39. The number of hydrogen-bond acceptors (Lipinski definition) is 4. The van der Waals surface area contributed by atoms with Gasteiger partial charge in [0.05, 0.1) is 6.54 Å². The lowest BCUT2D eigenvalue weighted by atomic mass is 10.1. The van der Waals surface area contributed by atoms with Crippen molar-refractivity contribution in [2.75, 3.05) is 23.7 Å². The van der Waals surface area contributed by atoms with Gasteiger partial charge in [-0.3, -0.25) is 14.6 Å². The molecular formula is C18H22N4O2. The zero-order chi connectivity index (χ0) is 17.4. The lowest BCUT2D eigenvalue weighted by Crippen LogP contribution is -2.32. The van der Waals surface area contributed by atoms with Crippen LogP contribution in [-0.2, 0) is 9.59 Å². The molecule has 0 unspecified atom stereocenters. The van der Waals surface area contributed by atoms with Gasteiger partial charge in [0.2, 0.25) is 11.8 Å². The zero-order valence-corrected chi connectivity index (χ0v) is 13.9. The van der Waals surface area contributed by atoms with E-state index in [1.54, 1.807) is 24.5 Å². The predicted molar refractivity (Wildman–Crippen MR) is 94.9 cm³/mol. The zero-order valence-electron chi connectivity index (χ0n) is 13.9. The normalized spacial score (nSPS) is 10.1. The summed E-state index contributed by atoms with van der Waals surface area (Å²) in [4.78, 5) is 27.5. The molecule has 0 radical (unpaired) electrons. The van der Waals surface area contributed by atoms with Gasteiger partial charge in [-0.25, -0.2) is 0 Å². The molecular weight excluding hydrogens is 304 g/mol. The first-order valence-corrected chi connectivity index (χ1v) is 7.83. The summed E-state index contributed by atoms with van der Waals surface area (Å²) < 4.78 is 0. The molecule has 1 heterocycles. The smallest absolute Gasteiger partial charge is 0.239 e. The molecule has 0 aliphatic rings. The molecule has 0 aliphatic heterocycles. The minimum atomic E-state index is -0.149. The van der Waals surface area contributed by atoms with Crippen molar-refractivity contribution >= 4 is 23.2 Å². The number of para-hydroxylation sites is 1. The van der Waals surface area contributed by atoms with Crippen LogP contribution in [0, 0.1) is 13.8 Å². The molecule has 1 aromatic heterocycles. The topological polar surface area (TPSA) is 83.1 Å². The molecule has 0 spiro atoms. The first-order valence-electron chi connectivity index (χ1n) is 7.83. The molecule has 0 atom stereocenters. The summed E-state index contributed by atoms with van der Waals surface area (Å²) in [5, 5.41) is 8.62. The molecule has 0 saturated carbocycles. The molecule has 3 N–H and O–H groups in total. The predicted octanol–water partition coefficient (Wildman–Crippen LogP) is 2.26. The van der Waals surface area contributed by atoms with Crippen LogP contribution in [0.25, 0.3) is 0 Å². The Bertz CT molecular complexity index is 681. The van der Waals surface area contributed by atoms with Crippen LogP contribution in [0.3, 0.4) is 0 Å². The van der Waals surface area contributed by atoms with E-state index in [9.17, 15) is 9.59 Å². The van der Waals surface area contributed by atoms with Gasteiger partial charge in [-0.15, -0.1) is 0 Å². The number of carbonyl (C=O) groups is 2. The van der Waals surface area contributed by atoms with Crippen molar-refractivity contribution < 1.29 is 9.59 Å². The van der Waals surface area contributed by atoms with E-state index in [-0.39, 0.29) is 24.8 Å². The van der Waals surface area contributed by atoms with Gasteiger partial charge in [-0.05, 0) is 37.1 Å². The maximum atomic E-state index is 11.9. The number of amides is 2. The Labute approximate surface area is 141 Å². The van der Waals surface area contributed by atoms with E-state index >= 15 is 0 Å². The highest BCUT2D eigenvalue weighted by Crippen LogP contribution is 2.18. The third-order valence-corrected chi connectivity index (χ3v) is 3.55. The Morgan fingerprint density at radius 2 is 1.67 bits per heavy atom. The van der Waals surface area contributed by atoms with Crippen molar-refractivity contribution in [1.82, 2.24) is 10.3 Å². The van der Waals surface area contributed by atoms with Crippen molar-refractivity contribution in [2.24, 2.45) is 0 Å². The number of nitrogens with zero attached hydrogens (tertiary/aromatic N) is 1. The van der Waals surface area contributed by atoms with Crippen LogP contribution in [0.15, 0.2) is 42.7 Å². The molecule has 126 valence electrons. The number of benzene rings is 1. The van der Waals surface area contributed by atoms with Crippen LogP contribution in [0.1, 0.15) is 17.5 Å². The molecule has 1 aromatic carbocycles. The molecule has 6 heteroatoms. The monoisotopic (exact) mass is 326 g/mol. The summed E-state index contributed by atoms with van der Waals surface area (Å²) in [6.45, 7) is 4.47. The van der Waals surface area contributed by atoms with Crippen molar-refractivity contribution in [3.63, 3.8) is 0 Å². The fraction of sp³-hybridized carbons (Fsp3) is 0.278.